The van der Waals surface area contributed by atoms with E-state index < -0.39 is 6.04 Å². The monoisotopic (exact) mass is 258 g/mol. The number of carbonyl (C=O) groups is 1. The Hall–Kier alpha value is -0.650. The van der Waals surface area contributed by atoms with Gasteiger partial charge in [0.05, 0.1) is 24.4 Å². The Morgan fingerprint density at radius 3 is 2.67 bits per heavy atom. The van der Waals surface area contributed by atoms with E-state index in [9.17, 15) is 9.90 Å². The maximum atomic E-state index is 12.3. The van der Waals surface area contributed by atoms with E-state index in [0.717, 1.165) is 12.8 Å². The van der Waals surface area contributed by atoms with E-state index in [0.29, 0.717) is 6.54 Å². The zero-order valence-electron chi connectivity index (χ0n) is 11.8. The first-order valence-electron chi connectivity index (χ1n) is 6.61. The Morgan fingerprint density at radius 2 is 2.17 bits per heavy atom. The maximum Gasteiger partial charge on any atom is 0.242 e. The number of aliphatic hydroxyl groups excluding tert-OH is 1. The molecule has 0 bridgehead atoms. The molecule has 1 aliphatic heterocycles. The van der Waals surface area contributed by atoms with Crippen LogP contribution in [0.5, 0.6) is 0 Å². The van der Waals surface area contributed by atoms with Gasteiger partial charge in [0.15, 0.2) is 0 Å². The molecule has 3 atom stereocenters. The first kappa shape index (κ1) is 15.4. The van der Waals surface area contributed by atoms with Crippen LogP contribution in [0.3, 0.4) is 0 Å². The Morgan fingerprint density at radius 1 is 1.56 bits per heavy atom. The fourth-order valence-electron chi connectivity index (χ4n) is 2.34. The van der Waals surface area contributed by atoms with E-state index in [-0.39, 0.29) is 30.3 Å². The second kappa shape index (κ2) is 5.99. The van der Waals surface area contributed by atoms with E-state index in [1.165, 1.54) is 0 Å². The lowest BCUT2D eigenvalue weighted by molar-refractivity contribution is -0.141. The SMILES string of the molecule is C[C@@H](OC(C)(C)C)[C@H](N)C(=O)N1CCC[C@@H]1CO. The summed E-state index contributed by atoms with van der Waals surface area (Å²) in [6.45, 7) is 8.32. The predicted octanol–water partition coefficient (Wildman–Crippen LogP) is 0.501. The lowest BCUT2D eigenvalue weighted by atomic mass is 10.1. The molecule has 0 aromatic rings. The molecule has 0 aliphatic carbocycles. The number of likely N-dealkylation sites (tertiary alicyclic amines) is 1. The zero-order chi connectivity index (χ0) is 13.9. The van der Waals surface area contributed by atoms with Crippen LogP contribution >= 0.6 is 0 Å². The number of aliphatic hydroxyl groups is 1. The van der Waals surface area contributed by atoms with E-state index in [4.69, 9.17) is 10.5 Å². The molecule has 106 valence electrons. The van der Waals surface area contributed by atoms with Gasteiger partial charge in [0.25, 0.3) is 0 Å². The van der Waals surface area contributed by atoms with Crippen LogP contribution in [0.1, 0.15) is 40.5 Å². The normalized spacial score (nSPS) is 24.1. The average molecular weight is 258 g/mol. The molecule has 5 nitrogen and oxygen atoms in total. The summed E-state index contributed by atoms with van der Waals surface area (Å²) in [5.41, 5.74) is 5.65. The first-order chi connectivity index (χ1) is 8.26. The highest BCUT2D eigenvalue weighted by Gasteiger charge is 2.34. The number of nitrogens with zero attached hydrogens (tertiary/aromatic N) is 1. The van der Waals surface area contributed by atoms with E-state index in [2.05, 4.69) is 0 Å². The second-order valence-corrected chi connectivity index (χ2v) is 5.97. The molecule has 1 saturated heterocycles. The number of hydrogen-bond donors (Lipinski definition) is 2. The van der Waals surface area contributed by atoms with Gasteiger partial charge in [-0.15, -0.1) is 0 Å². The van der Waals surface area contributed by atoms with E-state index in [1.807, 2.05) is 27.7 Å². The van der Waals surface area contributed by atoms with Gasteiger partial charge in [-0.25, -0.2) is 0 Å². The minimum absolute atomic E-state index is 0.00691. The van der Waals surface area contributed by atoms with Crippen molar-refractivity contribution in [1.29, 1.82) is 0 Å². The summed E-state index contributed by atoms with van der Waals surface area (Å²) in [5, 5.41) is 9.23. The smallest absolute Gasteiger partial charge is 0.242 e. The topological polar surface area (TPSA) is 75.8 Å². The van der Waals surface area contributed by atoms with E-state index >= 15 is 0 Å². The predicted molar refractivity (Wildman–Crippen MR) is 70.1 cm³/mol. The molecule has 1 rings (SSSR count). The van der Waals surface area contributed by atoms with Crippen LogP contribution in [-0.4, -0.2) is 52.9 Å². The van der Waals surface area contributed by atoms with Crippen LogP contribution in [0.2, 0.25) is 0 Å². The fourth-order valence-corrected chi connectivity index (χ4v) is 2.34. The Bertz CT molecular complexity index is 288. The fraction of sp³-hybridized carbons (Fsp3) is 0.923. The number of hydrogen-bond acceptors (Lipinski definition) is 4. The molecule has 1 aliphatic rings. The minimum atomic E-state index is -0.670. The molecule has 18 heavy (non-hydrogen) atoms. The molecule has 0 saturated carbocycles. The van der Waals surface area contributed by atoms with Gasteiger partial charge >= 0.3 is 0 Å². The van der Waals surface area contributed by atoms with Gasteiger partial charge in [0.1, 0.15) is 6.04 Å². The standard InChI is InChI=1S/C13H26N2O3/c1-9(18-13(2,3)4)11(14)12(17)15-7-5-6-10(15)8-16/h9-11,16H,5-8,14H2,1-4H3/t9-,10-,11+/m1/s1. The molecule has 1 amide bonds. The van der Waals surface area contributed by atoms with Crippen LogP contribution < -0.4 is 5.73 Å². The molecule has 0 unspecified atom stereocenters. The van der Waals surface area contributed by atoms with Crippen LogP contribution in [0.4, 0.5) is 0 Å². The van der Waals surface area contributed by atoms with Gasteiger partial charge in [-0.05, 0) is 40.5 Å². The number of ether oxygens (including phenoxy) is 1. The quantitative estimate of drug-likeness (QED) is 0.770. The molecule has 0 spiro atoms. The summed E-state index contributed by atoms with van der Waals surface area (Å²) >= 11 is 0. The van der Waals surface area contributed by atoms with Crippen LogP contribution in [-0.2, 0) is 9.53 Å². The number of carbonyl (C=O) groups excluding carboxylic acids is 1. The van der Waals surface area contributed by atoms with Gasteiger partial charge < -0.3 is 20.5 Å². The summed E-state index contributed by atoms with van der Waals surface area (Å²) in [5.74, 6) is -0.122. The molecular weight excluding hydrogens is 232 g/mol. The molecular formula is C13H26N2O3. The van der Waals surface area contributed by atoms with Crippen molar-refractivity contribution in [3.8, 4) is 0 Å². The van der Waals surface area contributed by atoms with Gasteiger partial charge in [0.2, 0.25) is 5.91 Å². The van der Waals surface area contributed by atoms with Crippen molar-refractivity contribution < 1.29 is 14.6 Å². The van der Waals surface area contributed by atoms with Crippen molar-refractivity contribution in [1.82, 2.24) is 4.90 Å². The summed E-state index contributed by atoms with van der Waals surface area (Å²) in [6, 6.07) is -0.748. The highest BCUT2D eigenvalue weighted by Crippen LogP contribution is 2.19. The van der Waals surface area contributed by atoms with Crippen molar-refractivity contribution in [2.75, 3.05) is 13.2 Å². The van der Waals surface area contributed by atoms with Crippen LogP contribution in [0.25, 0.3) is 0 Å². The summed E-state index contributed by atoms with van der Waals surface area (Å²) in [4.78, 5) is 13.9. The number of amides is 1. The van der Waals surface area contributed by atoms with Crippen molar-refractivity contribution in [2.45, 2.75) is 64.3 Å². The summed E-state index contributed by atoms with van der Waals surface area (Å²) < 4.78 is 5.71. The highest BCUT2D eigenvalue weighted by molar-refractivity contribution is 5.82. The van der Waals surface area contributed by atoms with Gasteiger partial charge in [0, 0.05) is 6.54 Å². The third-order valence-corrected chi connectivity index (χ3v) is 3.20. The molecule has 0 aromatic heterocycles. The van der Waals surface area contributed by atoms with Gasteiger partial charge in [-0.3, -0.25) is 4.79 Å². The Balaban J connectivity index is 2.60. The van der Waals surface area contributed by atoms with Gasteiger partial charge in [-0.1, -0.05) is 0 Å². The molecule has 1 fully saturated rings. The minimum Gasteiger partial charge on any atom is -0.394 e. The third kappa shape index (κ3) is 3.93. The Kier molecular flexibility index (Phi) is 5.13. The lowest BCUT2D eigenvalue weighted by Crippen LogP contribution is -2.53. The van der Waals surface area contributed by atoms with E-state index in [1.54, 1.807) is 4.90 Å². The average Bonchev–Trinajstić information content (AvgIpc) is 2.72. The van der Waals surface area contributed by atoms with Crippen LogP contribution in [0, 0.1) is 0 Å². The summed E-state index contributed by atoms with van der Waals surface area (Å²) in [6.07, 6.45) is 1.44. The van der Waals surface area contributed by atoms with Crippen molar-refractivity contribution in [3.05, 3.63) is 0 Å². The zero-order valence-corrected chi connectivity index (χ0v) is 11.8. The Labute approximate surface area is 109 Å². The molecule has 0 aromatic carbocycles. The largest absolute Gasteiger partial charge is 0.394 e. The third-order valence-electron chi connectivity index (χ3n) is 3.20. The van der Waals surface area contributed by atoms with Crippen molar-refractivity contribution in [2.24, 2.45) is 5.73 Å². The lowest BCUT2D eigenvalue weighted by Gasteiger charge is -2.32. The highest BCUT2D eigenvalue weighted by atomic mass is 16.5. The number of nitrogens with two attached hydrogens (primary N) is 1. The van der Waals surface area contributed by atoms with Crippen LogP contribution in [0.15, 0.2) is 0 Å². The number of rotatable bonds is 4. The molecule has 3 N–H and O–H groups in total. The van der Waals surface area contributed by atoms with Crippen molar-refractivity contribution in [3.63, 3.8) is 0 Å². The maximum absolute atomic E-state index is 12.3. The molecule has 1 heterocycles. The van der Waals surface area contributed by atoms with Gasteiger partial charge in [-0.2, -0.15) is 0 Å². The summed E-state index contributed by atoms with van der Waals surface area (Å²) in [7, 11) is 0. The molecule has 5 heteroatoms. The second-order valence-electron chi connectivity index (χ2n) is 5.97. The van der Waals surface area contributed by atoms with Crippen molar-refractivity contribution >= 4 is 5.91 Å². The molecule has 0 radical (unpaired) electrons. The first-order valence-corrected chi connectivity index (χ1v) is 6.61.